The lowest BCUT2D eigenvalue weighted by Gasteiger charge is -2.36. The molecule has 6 rings (SSSR count). The van der Waals surface area contributed by atoms with Crippen LogP contribution in [0.2, 0.25) is 5.02 Å². The Morgan fingerprint density at radius 3 is 2.54 bits per heavy atom. The van der Waals surface area contributed by atoms with Gasteiger partial charge < -0.3 is 15.3 Å². The molecule has 0 saturated heterocycles. The van der Waals surface area contributed by atoms with Gasteiger partial charge in [0.25, 0.3) is 5.91 Å². The highest BCUT2D eigenvalue weighted by Gasteiger charge is 2.37. The highest BCUT2D eigenvalue weighted by atomic mass is 35.5. The van der Waals surface area contributed by atoms with Gasteiger partial charge in [0.1, 0.15) is 18.2 Å². The molecule has 232 valence electrons. The first-order chi connectivity index (χ1) is 22.1. The molecule has 2 N–H and O–H groups in total. The Bertz CT molecular complexity index is 2010. The van der Waals surface area contributed by atoms with E-state index < -0.39 is 35.5 Å². The monoisotopic (exact) mass is 644 g/mol. The van der Waals surface area contributed by atoms with Gasteiger partial charge in [-0.25, -0.2) is 18.3 Å². The molecule has 5 aromatic rings. The summed E-state index contributed by atoms with van der Waals surface area (Å²) < 4.78 is 31.4. The van der Waals surface area contributed by atoms with Crippen LogP contribution in [0.25, 0.3) is 17.5 Å². The van der Waals surface area contributed by atoms with Gasteiger partial charge in [-0.1, -0.05) is 23.7 Å². The standard InChI is InChI=1S/C31H23ClF2N8O4/c1-17-15-24(31(45)46)37-42(17)26-4-2-3-21-20(26)13-14-40(29(21)30(44)36-19-7-5-18(33)6-8-19)27(43)12-9-22-25(41-16-35-38-39-41)11-10-23(32)28(22)34/h2-12,15-16,29H,13-14H2,1H3,(H,36,44)(H,45,46). The highest BCUT2D eigenvalue weighted by molar-refractivity contribution is 6.31. The summed E-state index contributed by atoms with van der Waals surface area (Å²) in [6.45, 7) is 1.78. The zero-order chi connectivity index (χ0) is 32.5. The fourth-order valence-corrected chi connectivity index (χ4v) is 5.54. The van der Waals surface area contributed by atoms with E-state index in [2.05, 4.69) is 25.9 Å². The van der Waals surface area contributed by atoms with Gasteiger partial charge in [0.15, 0.2) is 11.5 Å². The third kappa shape index (κ3) is 5.73. The lowest BCUT2D eigenvalue weighted by atomic mass is 9.90. The molecule has 2 aromatic heterocycles. The number of carbonyl (C=O) groups excluding carboxylic acids is 2. The Balaban J connectivity index is 1.40. The summed E-state index contributed by atoms with van der Waals surface area (Å²) in [6.07, 6.45) is 3.92. The molecule has 2 amide bonds. The number of amides is 2. The molecule has 46 heavy (non-hydrogen) atoms. The second-order valence-electron chi connectivity index (χ2n) is 10.3. The maximum Gasteiger partial charge on any atom is 0.356 e. The predicted octanol–water partition coefficient (Wildman–Crippen LogP) is 4.56. The number of halogens is 3. The zero-order valence-electron chi connectivity index (χ0n) is 23.9. The first kappa shape index (κ1) is 30.3. The summed E-state index contributed by atoms with van der Waals surface area (Å²) in [5, 5.41) is 27.2. The zero-order valence-corrected chi connectivity index (χ0v) is 24.7. The van der Waals surface area contributed by atoms with E-state index in [1.807, 2.05) is 0 Å². The minimum atomic E-state index is -1.19. The van der Waals surface area contributed by atoms with Gasteiger partial charge in [0.05, 0.1) is 16.4 Å². The summed E-state index contributed by atoms with van der Waals surface area (Å²) in [6, 6.07) is 13.4. The molecule has 0 aliphatic carbocycles. The van der Waals surface area contributed by atoms with Crippen LogP contribution in [0, 0.1) is 18.6 Å². The first-order valence-corrected chi connectivity index (χ1v) is 14.2. The van der Waals surface area contributed by atoms with E-state index in [0.717, 1.165) is 6.08 Å². The summed E-state index contributed by atoms with van der Waals surface area (Å²) in [5.41, 5.74) is 2.60. The lowest BCUT2D eigenvalue weighted by molar-refractivity contribution is -0.135. The number of aromatic nitrogens is 6. The van der Waals surface area contributed by atoms with Crippen LogP contribution in [0.4, 0.5) is 14.5 Å². The molecular weight excluding hydrogens is 622 g/mol. The van der Waals surface area contributed by atoms with Crippen molar-refractivity contribution in [3.8, 4) is 11.4 Å². The van der Waals surface area contributed by atoms with Crippen molar-refractivity contribution in [3.05, 3.63) is 118 Å². The Morgan fingerprint density at radius 1 is 1.07 bits per heavy atom. The number of anilines is 1. The number of hydrogen-bond donors (Lipinski definition) is 2. The van der Waals surface area contributed by atoms with Crippen molar-refractivity contribution < 1.29 is 28.3 Å². The van der Waals surface area contributed by atoms with Crippen LogP contribution in [-0.2, 0) is 16.0 Å². The number of carboxylic acid groups (broad SMARTS) is 1. The van der Waals surface area contributed by atoms with E-state index in [4.69, 9.17) is 11.6 Å². The molecule has 1 atom stereocenters. The molecule has 0 saturated carbocycles. The van der Waals surface area contributed by atoms with Gasteiger partial charge in [-0.2, -0.15) is 9.78 Å². The van der Waals surface area contributed by atoms with E-state index in [1.54, 1.807) is 25.1 Å². The Kier molecular flexibility index (Phi) is 8.11. The van der Waals surface area contributed by atoms with E-state index >= 15 is 4.39 Å². The molecular formula is C31H23ClF2N8O4. The van der Waals surface area contributed by atoms with Gasteiger partial charge in [-0.15, -0.1) is 5.10 Å². The van der Waals surface area contributed by atoms with Crippen molar-refractivity contribution in [1.82, 2.24) is 34.9 Å². The van der Waals surface area contributed by atoms with E-state index in [0.29, 0.717) is 28.2 Å². The largest absolute Gasteiger partial charge is 0.476 e. The molecule has 1 aliphatic heterocycles. The predicted molar refractivity (Wildman–Crippen MR) is 162 cm³/mol. The number of aryl methyl sites for hydroxylation is 1. The van der Waals surface area contributed by atoms with Gasteiger partial charge in [-0.05, 0) is 89.5 Å². The molecule has 0 bridgehead atoms. The van der Waals surface area contributed by atoms with Crippen molar-refractivity contribution in [2.75, 3.05) is 11.9 Å². The maximum atomic E-state index is 15.2. The molecule has 0 fully saturated rings. The molecule has 12 nitrogen and oxygen atoms in total. The van der Waals surface area contributed by atoms with E-state index in [1.165, 1.54) is 69.1 Å². The molecule has 3 heterocycles. The number of nitrogens with zero attached hydrogens (tertiary/aromatic N) is 7. The number of aromatic carboxylic acids is 1. The molecule has 3 aromatic carbocycles. The van der Waals surface area contributed by atoms with Gasteiger partial charge in [0, 0.05) is 29.6 Å². The number of nitrogens with one attached hydrogen (secondary N) is 1. The molecule has 0 spiro atoms. The summed E-state index contributed by atoms with van der Waals surface area (Å²) >= 11 is 6.03. The fraction of sp³-hybridized carbons (Fsp3) is 0.129. The average molecular weight is 645 g/mol. The maximum absolute atomic E-state index is 15.2. The molecule has 1 unspecified atom stereocenters. The van der Waals surface area contributed by atoms with E-state index in [9.17, 15) is 23.9 Å². The molecule has 15 heteroatoms. The van der Waals surface area contributed by atoms with Gasteiger partial charge in [0.2, 0.25) is 5.91 Å². The van der Waals surface area contributed by atoms with Gasteiger partial charge >= 0.3 is 5.97 Å². The number of tetrazole rings is 1. The minimum absolute atomic E-state index is 0.0523. The SMILES string of the molecule is Cc1cc(C(=O)O)nn1-c1cccc2c1CCN(C(=O)C=Cc1c(-n3cnnn3)ccc(Cl)c1F)C2C(=O)Nc1ccc(F)cc1. The summed E-state index contributed by atoms with van der Waals surface area (Å²) in [7, 11) is 0. The van der Waals surface area contributed by atoms with Crippen LogP contribution in [0.15, 0.2) is 73.1 Å². The van der Waals surface area contributed by atoms with Crippen LogP contribution in [0.3, 0.4) is 0 Å². The Hall–Kier alpha value is -5.76. The number of carbonyl (C=O) groups is 3. The molecule has 0 radical (unpaired) electrons. The summed E-state index contributed by atoms with van der Waals surface area (Å²) in [5.74, 6) is -3.67. The number of carboxylic acids is 1. The lowest BCUT2D eigenvalue weighted by Crippen LogP contribution is -2.45. The Labute approximate surface area is 264 Å². The van der Waals surface area contributed by atoms with Crippen molar-refractivity contribution in [3.63, 3.8) is 0 Å². The topological polar surface area (TPSA) is 148 Å². The van der Waals surface area contributed by atoms with Crippen molar-refractivity contribution in [1.29, 1.82) is 0 Å². The van der Waals surface area contributed by atoms with Crippen LogP contribution in [0.1, 0.15) is 38.9 Å². The Morgan fingerprint density at radius 2 is 1.85 bits per heavy atom. The van der Waals surface area contributed by atoms with Crippen LogP contribution < -0.4 is 5.32 Å². The third-order valence-electron chi connectivity index (χ3n) is 7.47. The summed E-state index contributed by atoms with van der Waals surface area (Å²) in [4.78, 5) is 40.6. The van der Waals surface area contributed by atoms with Crippen molar-refractivity contribution in [2.45, 2.75) is 19.4 Å². The number of hydrogen-bond acceptors (Lipinski definition) is 7. The van der Waals surface area contributed by atoms with Crippen molar-refractivity contribution >= 4 is 41.1 Å². The average Bonchev–Trinajstić information content (AvgIpc) is 3.72. The number of rotatable bonds is 7. The third-order valence-corrected chi connectivity index (χ3v) is 7.76. The smallest absolute Gasteiger partial charge is 0.356 e. The van der Waals surface area contributed by atoms with Crippen LogP contribution in [-0.4, -0.2) is 64.3 Å². The fourth-order valence-electron chi connectivity index (χ4n) is 5.37. The first-order valence-electron chi connectivity index (χ1n) is 13.8. The quantitative estimate of drug-likeness (QED) is 0.245. The number of benzene rings is 3. The second kappa shape index (κ2) is 12.3. The second-order valence-corrected chi connectivity index (χ2v) is 10.7. The normalized spacial score (nSPS) is 14.3. The number of fused-ring (bicyclic) bond motifs is 1. The van der Waals surface area contributed by atoms with Crippen LogP contribution in [0.5, 0.6) is 0 Å². The van der Waals surface area contributed by atoms with Crippen molar-refractivity contribution in [2.24, 2.45) is 0 Å². The van der Waals surface area contributed by atoms with Gasteiger partial charge in [-0.3, -0.25) is 9.59 Å². The van der Waals surface area contributed by atoms with E-state index in [-0.39, 0.29) is 34.9 Å². The highest BCUT2D eigenvalue weighted by Crippen LogP contribution is 2.35. The minimum Gasteiger partial charge on any atom is -0.476 e. The van der Waals surface area contributed by atoms with Crippen LogP contribution >= 0.6 is 11.6 Å². The molecule has 1 aliphatic rings.